The summed E-state index contributed by atoms with van der Waals surface area (Å²) in [5.74, 6) is -0.0581. The number of methoxy groups -OCH3 is 1. The highest BCUT2D eigenvalue weighted by molar-refractivity contribution is 7.80. The molecular weight excluding hydrogens is 234 g/mol. The molecule has 0 saturated heterocycles. The molecule has 1 unspecified atom stereocenters. The molecule has 2 N–H and O–H groups in total. The smallest absolute Gasteiger partial charge is 0.309 e. The van der Waals surface area contributed by atoms with Crippen molar-refractivity contribution in [2.24, 2.45) is 11.8 Å². The van der Waals surface area contributed by atoms with Gasteiger partial charge in [0.25, 0.3) is 0 Å². The first kappa shape index (κ1) is 13.9. The average Bonchev–Trinajstić information content (AvgIpc) is 2.29. The maximum Gasteiger partial charge on any atom is 0.309 e. The van der Waals surface area contributed by atoms with E-state index in [0.717, 1.165) is 10.5 Å². The predicted molar refractivity (Wildman–Crippen MR) is 72.2 cm³/mol. The summed E-state index contributed by atoms with van der Waals surface area (Å²) in [6.45, 7) is 4.03. The van der Waals surface area contributed by atoms with Crippen molar-refractivity contribution in [1.82, 2.24) is 0 Å². The third kappa shape index (κ3) is 3.66. The molecule has 0 fully saturated rings. The summed E-state index contributed by atoms with van der Waals surface area (Å²) in [5, 5.41) is 0. The van der Waals surface area contributed by atoms with Crippen LogP contribution in [-0.2, 0) is 16.0 Å². The topological polar surface area (TPSA) is 52.3 Å². The molecule has 3 nitrogen and oxygen atoms in total. The van der Waals surface area contributed by atoms with Gasteiger partial charge in [-0.2, -0.15) is 0 Å². The lowest BCUT2D eigenvalue weighted by atomic mass is 9.89. The molecule has 1 aromatic carbocycles. The molecule has 4 heteroatoms. The number of hydrogen-bond donors (Lipinski definition) is 2. The second-order valence-corrected chi connectivity index (χ2v) is 4.95. The summed E-state index contributed by atoms with van der Waals surface area (Å²) in [7, 11) is 1.42. The fourth-order valence-corrected chi connectivity index (χ4v) is 1.95. The number of anilines is 1. The molecule has 0 aliphatic heterocycles. The summed E-state index contributed by atoms with van der Waals surface area (Å²) >= 11 is 4.28. The molecule has 0 amide bonds. The van der Waals surface area contributed by atoms with Crippen LogP contribution < -0.4 is 5.73 Å². The molecule has 0 heterocycles. The number of carbonyl (C=O) groups excluding carboxylic acids is 1. The van der Waals surface area contributed by atoms with Gasteiger partial charge in [0.05, 0.1) is 13.0 Å². The lowest BCUT2D eigenvalue weighted by Gasteiger charge is -2.18. The van der Waals surface area contributed by atoms with E-state index in [1.165, 1.54) is 7.11 Å². The lowest BCUT2D eigenvalue weighted by Crippen LogP contribution is -2.23. The fraction of sp³-hybridized carbons (Fsp3) is 0.462. The standard InChI is InChI=1S/C13H19NO2S/c1-8(2)10(13(15)16-3)6-9-4-5-11(14)12(17)7-9/h4-5,7-8,10,17H,6,14H2,1-3H3. The van der Waals surface area contributed by atoms with Crippen LogP contribution in [0.25, 0.3) is 0 Å². The summed E-state index contributed by atoms with van der Waals surface area (Å²) in [6.07, 6.45) is 0.651. The normalized spacial score (nSPS) is 12.5. The summed E-state index contributed by atoms with van der Waals surface area (Å²) in [4.78, 5) is 12.4. The van der Waals surface area contributed by atoms with Crippen molar-refractivity contribution < 1.29 is 9.53 Å². The maximum atomic E-state index is 11.6. The first-order chi connectivity index (χ1) is 7.95. The molecule has 1 atom stereocenters. The van der Waals surface area contributed by atoms with Gasteiger partial charge in [-0.25, -0.2) is 0 Å². The third-order valence-corrected chi connectivity index (χ3v) is 3.25. The number of esters is 1. The van der Waals surface area contributed by atoms with E-state index in [-0.39, 0.29) is 17.8 Å². The largest absolute Gasteiger partial charge is 0.469 e. The molecule has 0 aliphatic rings. The Kier molecular flexibility index (Phi) is 4.87. The molecule has 0 aromatic heterocycles. The number of nitrogens with two attached hydrogens (primary N) is 1. The van der Waals surface area contributed by atoms with E-state index in [1.807, 2.05) is 32.0 Å². The van der Waals surface area contributed by atoms with Crippen LogP contribution >= 0.6 is 12.6 Å². The van der Waals surface area contributed by atoms with Crippen molar-refractivity contribution in [2.75, 3.05) is 12.8 Å². The molecule has 0 spiro atoms. The zero-order valence-electron chi connectivity index (χ0n) is 10.4. The van der Waals surface area contributed by atoms with Gasteiger partial charge in [0.2, 0.25) is 0 Å². The van der Waals surface area contributed by atoms with Gasteiger partial charge in [0.15, 0.2) is 0 Å². The van der Waals surface area contributed by atoms with Crippen LogP contribution in [0.4, 0.5) is 5.69 Å². The van der Waals surface area contributed by atoms with Crippen LogP contribution in [0, 0.1) is 11.8 Å². The van der Waals surface area contributed by atoms with Crippen LogP contribution in [0.3, 0.4) is 0 Å². The Hall–Kier alpha value is -1.16. The fourth-order valence-electron chi connectivity index (χ4n) is 1.71. The van der Waals surface area contributed by atoms with Gasteiger partial charge in [0, 0.05) is 10.6 Å². The number of rotatable bonds is 4. The summed E-state index contributed by atoms with van der Waals surface area (Å²) < 4.78 is 4.82. The van der Waals surface area contributed by atoms with Gasteiger partial charge >= 0.3 is 5.97 Å². The van der Waals surface area contributed by atoms with E-state index in [0.29, 0.717) is 12.1 Å². The Bertz CT molecular complexity index is 404. The quantitative estimate of drug-likeness (QED) is 0.492. The molecule has 0 saturated carbocycles. The third-order valence-electron chi connectivity index (χ3n) is 2.86. The van der Waals surface area contributed by atoms with E-state index in [1.54, 1.807) is 0 Å². The Morgan fingerprint density at radius 2 is 2.12 bits per heavy atom. The van der Waals surface area contributed by atoms with E-state index >= 15 is 0 Å². The number of benzene rings is 1. The summed E-state index contributed by atoms with van der Waals surface area (Å²) in [5.41, 5.74) is 7.40. The van der Waals surface area contributed by atoms with Crippen molar-refractivity contribution >= 4 is 24.3 Å². The van der Waals surface area contributed by atoms with Crippen LogP contribution in [0.2, 0.25) is 0 Å². The van der Waals surface area contributed by atoms with Gasteiger partial charge < -0.3 is 10.5 Å². The Morgan fingerprint density at radius 1 is 1.47 bits per heavy atom. The van der Waals surface area contributed by atoms with Gasteiger partial charge in [-0.05, 0) is 30.0 Å². The van der Waals surface area contributed by atoms with Crippen molar-refractivity contribution in [2.45, 2.75) is 25.2 Å². The minimum Gasteiger partial charge on any atom is -0.469 e. The molecule has 0 aliphatic carbocycles. The molecule has 1 rings (SSSR count). The van der Waals surface area contributed by atoms with Crippen molar-refractivity contribution in [3.8, 4) is 0 Å². The highest BCUT2D eigenvalue weighted by Crippen LogP contribution is 2.23. The number of thiol groups is 1. The predicted octanol–water partition coefficient (Wildman–Crippen LogP) is 2.55. The Balaban J connectivity index is 2.86. The van der Waals surface area contributed by atoms with Crippen LogP contribution in [0.1, 0.15) is 19.4 Å². The Morgan fingerprint density at radius 3 is 2.59 bits per heavy atom. The van der Waals surface area contributed by atoms with Crippen molar-refractivity contribution in [1.29, 1.82) is 0 Å². The number of ether oxygens (including phenoxy) is 1. The number of hydrogen-bond acceptors (Lipinski definition) is 4. The Labute approximate surface area is 108 Å². The van der Waals surface area contributed by atoms with Gasteiger partial charge in [-0.1, -0.05) is 19.9 Å². The first-order valence-electron chi connectivity index (χ1n) is 5.61. The zero-order chi connectivity index (χ0) is 13.0. The zero-order valence-corrected chi connectivity index (χ0v) is 11.3. The van der Waals surface area contributed by atoms with Gasteiger partial charge in [-0.3, -0.25) is 4.79 Å². The van der Waals surface area contributed by atoms with Crippen LogP contribution in [0.15, 0.2) is 23.1 Å². The van der Waals surface area contributed by atoms with Gasteiger partial charge in [0.1, 0.15) is 0 Å². The molecular formula is C13H19NO2S. The number of nitrogen functional groups attached to an aromatic ring is 1. The van der Waals surface area contributed by atoms with Crippen molar-refractivity contribution in [3.05, 3.63) is 23.8 Å². The van der Waals surface area contributed by atoms with E-state index in [9.17, 15) is 4.79 Å². The second kappa shape index (κ2) is 5.96. The maximum absolute atomic E-state index is 11.6. The molecule has 0 bridgehead atoms. The van der Waals surface area contributed by atoms with E-state index in [4.69, 9.17) is 10.5 Å². The van der Waals surface area contributed by atoms with E-state index in [2.05, 4.69) is 12.6 Å². The van der Waals surface area contributed by atoms with Crippen LogP contribution in [-0.4, -0.2) is 13.1 Å². The van der Waals surface area contributed by atoms with Gasteiger partial charge in [-0.15, -0.1) is 12.6 Å². The lowest BCUT2D eigenvalue weighted by molar-refractivity contribution is -0.146. The monoisotopic (exact) mass is 253 g/mol. The minimum absolute atomic E-state index is 0.128. The van der Waals surface area contributed by atoms with Crippen LogP contribution in [0.5, 0.6) is 0 Å². The minimum atomic E-state index is -0.169. The molecule has 0 radical (unpaired) electrons. The number of carbonyl (C=O) groups is 1. The second-order valence-electron chi connectivity index (χ2n) is 4.47. The molecule has 94 valence electrons. The highest BCUT2D eigenvalue weighted by atomic mass is 32.1. The summed E-state index contributed by atoms with van der Waals surface area (Å²) in [6, 6.07) is 5.64. The average molecular weight is 253 g/mol. The molecule has 17 heavy (non-hydrogen) atoms. The van der Waals surface area contributed by atoms with E-state index < -0.39 is 0 Å². The van der Waals surface area contributed by atoms with Crippen molar-refractivity contribution in [3.63, 3.8) is 0 Å². The molecule has 1 aromatic rings. The SMILES string of the molecule is COC(=O)C(Cc1ccc(N)c(S)c1)C(C)C. The first-order valence-corrected chi connectivity index (χ1v) is 6.05. The highest BCUT2D eigenvalue weighted by Gasteiger charge is 2.23.